The number of rotatable bonds is 3. The van der Waals surface area contributed by atoms with Gasteiger partial charge in [0.1, 0.15) is 0 Å². The lowest BCUT2D eigenvalue weighted by atomic mass is 9.99. The molecule has 4 rings (SSSR count). The minimum absolute atomic E-state index is 0.108. The van der Waals surface area contributed by atoms with Gasteiger partial charge in [-0.15, -0.1) is 10.2 Å². The first-order valence-corrected chi connectivity index (χ1v) is 11.3. The Bertz CT molecular complexity index is 1180. The molecule has 3 aromatic rings. The minimum atomic E-state index is -0.657. The number of amides is 1. The maximum atomic E-state index is 13.0. The number of carbonyl (C=O) groups excluding carboxylic acids is 1. The van der Waals surface area contributed by atoms with E-state index in [1.807, 2.05) is 40.7 Å². The van der Waals surface area contributed by atoms with Gasteiger partial charge in [0.15, 0.2) is 5.69 Å². The molecule has 1 amide bonds. The second-order valence-electron chi connectivity index (χ2n) is 7.88. The first kappa shape index (κ1) is 21.3. The maximum Gasteiger partial charge on any atom is 0.247 e. The fourth-order valence-electron chi connectivity index (χ4n) is 4.03. The number of ether oxygens (including phenoxy) is 1. The first-order valence-electron chi connectivity index (χ1n) is 10.3. The van der Waals surface area contributed by atoms with Crippen molar-refractivity contribution in [2.24, 2.45) is 0 Å². The molecule has 1 aliphatic heterocycles. The van der Waals surface area contributed by atoms with Gasteiger partial charge in [0, 0.05) is 18.1 Å². The third kappa shape index (κ3) is 3.90. The van der Waals surface area contributed by atoms with Gasteiger partial charge in [-0.05, 0) is 50.6 Å². The van der Waals surface area contributed by atoms with Crippen LogP contribution in [-0.4, -0.2) is 26.8 Å². The van der Waals surface area contributed by atoms with Crippen molar-refractivity contribution in [1.82, 2.24) is 15.2 Å². The van der Waals surface area contributed by atoms with E-state index in [-0.39, 0.29) is 5.91 Å². The monoisotopic (exact) mass is 434 g/mol. The van der Waals surface area contributed by atoms with Crippen molar-refractivity contribution in [2.75, 3.05) is 10.7 Å². The van der Waals surface area contributed by atoms with Crippen molar-refractivity contribution in [3.8, 4) is 17.1 Å². The second-order valence-corrected chi connectivity index (χ2v) is 9.11. The zero-order valence-corrected chi connectivity index (χ0v) is 19.5. The van der Waals surface area contributed by atoms with Gasteiger partial charge in [-0.1, -0.05) is 54.1 Å². The molecule has 0 saturated carbocycles. The average Bonchev–Trinajstić information content (AvgIpc) is 2.84. The van der Waals surface area contributed by atoms with Crippen molar-refractivity contribution >= 4 is 23.4 Å². The summed E-state index contributed by atoms with van der Waals surface area (Å²) in [5.74, 6) is 1.12. The van der Waals surface area contributed by atoms with Gasteiger partial charge in [-0.3, -0.25) is 9.69 Å². The molecule has 31 heavy (non-hydrogen) atoms. The molecule has 0 saturated heterocycles. The topological polar surface area (TPSA) is 68.2 Å². The molecule has 2 aromatic carbocycles. The molecule has 1 aliphatic rings. The van der Waals surface area contributed by atoms with Crippen LogP contribution in [0, 0.1) is 27.7 Å². The number of aromatic nitrogens is 3. The van der Waals surface area contributed by atoms with E-state index in [0.29, 0.717) is 16.7 Å². The number of hydrogen-bond donors (Lipinski definition) is 0. The molecule has 0 unspecified atom stereocenters. The minimum Gasteiger partial charge on any atom is -0.447 e. The highest BCUT2D eigenvalue weighted by Gasteiger charge is 2.36. The quantitative estimate of drug-likeness (QED) is 0.519. The Hall–Kier alpha value is -2.93. The van der Waals surface area contributed by atoms with Crippen LogP contribution in [0.4, 0.5) is 5.69 Å². The third-order valence-corrected chi connectivity index (χ3v) is 6.07. The maximum absolute atomic E-state index is 13.0. The lowest BCUT2D eigenvalue weighted by molar-refractivity contribution is -0.118. The molecule has 0 N–H and O–H groups in total. The number of thioether (sulfide) groups is 1. The van der Waals surface area contributed by atoms with Gasteiger partial charge in [0.25, 0.3) is 0 Å². The summed E-state index contributed by atoms with van der Waals surface area (Å²) in [5, 5.41) is 9.34. The highest BCUT2D eigenvalue weighted by molar-refractivity contribution is 7.99. The lowest BCUT2D eigenvalue weighted by Crippen LogP contribution is -2.37. The summed E-state index contributed by atoms with van der Waals surface area (Å²) in [6.07, 6.45) is -0.657. The van der Waals surface area contributed by atoms with Crippen molar-refractivity contribution in [3.05, 3.63) is 58.1 Å². The second kappa shape index (κ2) is 8.30. The molecule has 1 atom stereocenters. The fourth-order valence-corrected chi connectivity index (χ4v) is 4.53. The molecule has 0 bridgehead atoms. The van der Waals surface area contributed by atoms with Crippen LogP contribution in [0.2, 0.25) is 0 Å². The molecule has 1 aromatic heterocycles. The molecule has 7 heteroatoms. The highest BCUT2D eigenvalue weighted by atomic mass is 32.2. The van der Waals surface area contributed by atoms with Gasteiger partial charge >= 0.3 is 0 Å². The lowest BCUT2D eigenvalue weighted by Gasteiger charge is -2.32. The average molecular weight is 435 g/mol. The number of aryl methyl sites for hydroxylation is 4. The van der Waals surface area contributed by atoms with E-state index in [1.165, 1.54) is 11.8 Å². The fraction of sp³-hybridized carbons (Fsp3) is 0.333. The number of hydrogen-bond acceptors (Lipinski definition) is 6. The predicted molar refractivity (Wildman–Crippen MR) is 124 cm³/mol. The van der Waals surface area contributed by atoms with Gasteiger partial charge < -0.3 is 4.74 Å². The SMILES string of the molecule is CCSc1nnc2c(n1)O[C@H](c1cc(C)ccc1C)N(C(C)=O)c1c(C)cc(C)cc1-2. The van der Waals surface area contributed by atoms with Gasteiger partial charge in [-0.2, -0.15) is 4.98 Å². The summed E-state index contributed by atoms with van der Waals surface area (Å²) in [5.41, 5.74) is 7.27. The zero-order chi connectivity index (χ0) is 22.3. The summed E-state index contributed by atoms with van der Waals surface area (Å²) >= 11 is 1.51. The smallest absolute Gasteiger partial charge is 0.247 e. The summed E-state index contributed by atoms with van der Waals surface area (Å²) in [6, 6.07) is 10.3. The van der Waals surface area contributed by atoms with E-state index in [4.69, 9.17) is 4.74 Å². The van der Waals surface area contributed by atoms with Crippen molar-refractivity contribution in [1.29, 1.82) is 0 Å². The van der Waals surface area contributed by atoms with Crippen molar-refractivity contribution < 1.29 is 9.53 Å². The predicted octanol–water partition coefficient (Wildman–Crippen LogP) is 5.33. The molecular weight excluding hydrogens is 408 g/mol. The molecule has 0 spiro atoms. The van der Waals surface area contributed by atoms with Crippen LogP contribution in [0.1, 0.15) is 47.9 Å². The Balaban J connectivity index is 2.04. The van der Waals surface area contributed by atoms with Gasteiger partial charge in [-0.25, -0.2) is 0 Å². The first-order chi connectivity index (χ1) is 14.8. The van der Waals surface area contributed by atoms with Crippen LogP contribution in [0.25, 0.3) is 11.3 Å². The van der Waals surface area contributed by atoms with E-state index in [0.717, 1.165) is 44.8 Å². The van der Waals surface area contributed by atoms with Crippen LogP contribution in [0.15, 0.2) is 35.5 Å². The highest BCUT2D eigenvalue weighted by Crippen LogP contribution is 2.46. The molecule has 2 heterocycles. The van der Waals surface area contributed by atoms with Crippen molar-refractivity contribution in [2.45, 2.75) is 52.9 Å². The molecule has 0 radical (unpaired) electrons. The van der Waals surface area contributed by atoms with E-state index in [1.54, 1.807) is 11.8 Å². The van der Waals surface area contributed by atoms with Crippen LogP contribution in [0.3, 0.4) is 0 Å². The van der Waals surface area contributed by atoms with E-state index in [9.17, 15) is 4.79 Å². The number of carbonyl (C=O) groups is 1. The van der Waals surface area contributed by atoms with E-state index in [2.05, 4.69) is 39.4 Å². The molecule has 160 valence electrons. The summed E-state index contributed by atoms with van der Waals surface area (Å²) in [6.45, 7) is 11.7. The standard InChI is InChI=1S/C24H26N4O2S/c1-7-31-24-25-22-20(26-27-24)19-12-14(3)10-16(5)21(19)28(17(6)29)23(30-22)18-11-13(2)8-9-15(18)4/h8-12,23H,7H2,1-6H3/t23-/m1/s1. The largest absolute Gasteiger partial charge is 0.447 e. The normalized spacial score (nSPS) is 15.0. The Kier molecular flexibility index (Phi) is 5.71. The number of fused-ring (bicyclic) bond motifs is 3. The van der Waals surface area contributed by atoms with E-state index >= 15 is 0 Å². The van der Waals surface area contributed by atoms with E-state index < -0.39 is 6.23 Å². The third-order valence-electron chi connectivity index (χ3n) is 5.35. The van der Waals surface area contributed by atoms with Crippen LogP contribution >= 0.6 is 11.8 Å². The van der Waals surface area contributed by atoms with Gasteiger partial charge in [0.2, 0.25) is 23.2 Å². The van der Waals surface area contributed by atoms with Gasteiger partial charge in [0.05, 0.1) is 5.69 Å². The molecule has 6 nitrogen and oxygen atoms in total. The van der Waals surface area contributed by atoms with Crippen LogP contribution < -0.4 is 9.64 Å². The Morgan fingerprint density at radius 3 is 2.55 bits per heavy atom. The summed E-state index contributed by atoms with van der Waals surface area (Å²) in [7, 11) is 0. The number of nitrogens with zero attached hydrogens (tertiary/aromatic N) is 4. The zero-order valence-electron chi connectivity index (χ0n) is 18.7. The Labute approximate surface area is 187 Å². The summed E-state index contributed by atoms with van der Waals surface area (Å²) in [4.78, 5) is 19.4. The Morgan fingerprint density at radius 1 is 1.06 bits per heavy atom. The Morgan fingerprint density at radius 2 is 1.84 bits per heavy atom. The molecule has 0 fully saturated rings. The van der Waals surface area contributed by atoms with Crippen molar-refractivity contribution in [3.63, 3.8) is 0 Å². The number of anilines is 1. The van der Waals surface area contributed by atoms with Crippen LogP contribution in [-0.2, 0) is 4.79 Å². The number of benzene rings is 2. The molecular formula is C24H26N4O2S. The summed E-state index contributed by atoms with van der Waals surface area (Å²) < 4.78 is 6.50. The molecule has 0 aliphatic carbocycles. The van der Waals surface area contributed by atoms with Crippen LogP contribution in [0.5, 0.6) is 5.88 Å².